The maximum absolute atomic E-state index is 12.5. The van der Waals surface area contributed by atoms with Crippen LogP contribution in [0.2, 0.25) is 0 Å². The zero-order chi connectivity index (χ0) is 17.0. The Hall–Kier alpha value is -2.14. The van der Waals surface area contributed by atoms with Gasteiger partial charge in [-0.05, 0) is 43.0 Å². The van der Waals surface area contributed by atoms with Crippen LogP contribution >= 0.6 is 0 Å². The Balaban J connectivity index is 2.33. The van der Waals surface area contributed by atoms with Crippen molar-refractivity contribution in [3.05, 3.63) is 59.7 Å². The van der Waals surface area contributed by atoms with Crippen LogP contribution in [-0.2, 0) is 10.0 Å². The number of hydrogen-bond acceptors (Lipinski definition) is 3. The third-order valence-electron chi connectivity index (χ3n) is 3.92. The SMILES string of the molecule is CC[C@H](C)c1ccccc1NS(=O)(=O)c1ccc(C(C)=O)cc1. The van der Waals surface area contributed by atoms with E-state index in [0.29, 0.717) is 11.3 Å². The summed E-state index contributed by atoms with van der Waals surface area (Å²) in [5, 5.41) is 0. The summed E-state index contributed by atoms with van der Waals surface area (Å²) in [5.41, 5.74) is 2.06. The highest BCUT2D eigenvalue weighted by Crippen LogP contribution is 2.28. The van der Waals surface area contributed by atoms with E-state index in [2.05, 4.69) is 18.6 Å². The van der Waals surface area contributed by atoms with Gasteiger partial charge in [-0.15, -0.1) is 0 Å². The van der Waals surface area contributed by atoms with E-state index in [-0.39, 0.29) is 16.6 Å². The van der Waals surface area contributed by atoms with Gasteiger partial charge in [0.15, 0.2) is 5.78 Å². The van der Waals surface area contributed by atoms with Gasteiger partial charge >= 0.3 is 0 Å². The lowest BCUT2D eigenvalue weighted by Crippen LogP contribution is -2.15. The van der Waals surface area contributed by atoms with E-state index >= 15 is 0 Å². The molecule has 0 saturated heterocycles. The molecular formula is C18H21NO3S. The number of carbonyl (C=O) groups is 1. The predicted molar refractivity (Wildman–Crippen MR) is 92.4 cm³/mol. The van der Waals surface area contributed by atoms with Gasteiger partial charge in [-0.1, -0.05) is 44.2 Å². The first-order chi connectivity index (χ1) is 10.8. The van der Waals surface area contributed by atoms with Crippen LogP contribution in [0.25, 0.3) is 0 Å². The number of Topliss-reactive ketones (excluding diaryl/α,β-unsaturated/α-hetero) is 1. The lowest BCUT2D eigenvalue weighted by molar-refractivity contribution is 0.101. The standard InChI is InChI=1S/C18H21NO3S/c1-4-13(2)17-7-5-6-8-18(17)19-23(21,22)16-11-9-15(10-12-16)14(3)20/h5-13,19H,4H2,1-3H3/t13-/m0/s1. The summed E-state index contributed by atoms with van der Waals surface area (Å²) in [6.07, 6.45) is 0.923. The lowest BCUT2D eigenvalue weighted by atomic mass is 9.97. The summed E-state index contributed by atoms with van der Waals surface area (Å²) in [7, 11) is -3.68. The van der Waals surface area contributed by atoms with Gasteiger partial charge in [0.2, 0.25) is 0 Å². The Morgan fingerprint density at radius 2 is 1.70 bits per heavy atom. The van der Waals surface area contributed by atoms with Gasteiger partial charge in [0.25, 0.3) is 10.0 Å². The van der Waals surface area contributed by atoms with Gasteiger partial charge in [-0.3, -0.25) is 9.52 Å². The van der Waals surface area contributed by atoms with Gasteiger partial charge in [-0.25, -0.2) is 8.42 Å². The van der Waals surface area contributed by atoms with Crippen molar-refractivity contribution in [3.8, 4) is 0 Å². The summed E-state index contributed by atoms with van der Waals surface area (Å²) in [6, 6.07) is 13.4. The molecule has 0 amide bonds. The van der Waals surface area contributed by atoms with Crippen LogP contribution in [0.5, 0.6) is 0 Å². The Morgan fingerprint density at radius 1 is 1.09 bits per heavy atom. The van der Waals surface area contributed by atoms with Crippen LogP contribution in [0.1, 0.15) is 49.0 Å². The third-order valence-corrected chi connectivity index (χ3v) is 5.30. The van der Waals surface area contributed by atoms with E-state index in [4.69, 9.17) is 0 Å². The molecule has 0 fully saturated rings. The highest BCUT2D eigenvalue weighted by molar-refractivity contribution is 7.92. The second kappa shape index (κ2) is 6.96. The minimum absolute atomic E-state index is 0.0935. The molecule has 0 saturated carbocycles. The molecule has 0 aliphatic heterocycles. The average molecular weight is 331 g/mol. The van der Waals surface area contributed by atoms with Crippen molar-refractivity contribution in [1.29, 1.82) is 0 Å². The van der Waals surface area contributed by atoms with Crippen molar-refractivity contribution in [3.63, 3.8) is 0 Å². The number of ketones is 1. The molecule has 0 bridgehead atoms. The molecule has 2 aromatic rings. The molecule has 4 nitrogen and oxygen atoms in total. The maximum atomic E-state index is 12.5. The minimum atomic E-state index is -3.68. The molecule has 0 aliphatic carbocycles. The molecule has 2 rings (SSSR count). The summed E-state index contributed by atoms with van der Waals surface area (Å²) in [4.78, 5) is 11.4. The van der Waals surface area contributed by atoms with Crippen molar-refractivity contribution in [1.82, 2.24) is 0 Å². The fourth-order valence-electron chi connectivity index (χ4n) is 2.31. The second-order valence-electron chi connectivity index (χ2n) is 5.58. The number of benzene rings is 2. The molecule has 0 aromatic heterocycles. The number of para-hydroxylation sites is 1. The largest absolute Gasteiger partial charge is 0.295 e. The maximum Gasteiger partial charge on any atom is 0.261 e. The van der Waals surface area contributed by atoms with E-state index in [0.717, 1.165) is 12.0 Å². The van der Waals surface area contributed by atoms with Crippen molar-refractivity contribution >= 4 is 21.5 Å². The fourth-order valence-corrected chi connectivity index (χ4v) is 3.40. The molecule has 2 aromatic carbocycles. The Kier molecular flexibility index (Phi) is 5.21. The second-order valence-corrected chi connectivity index (χ2v) is 7.27. The van der Waals surface area contributed by atoms with Crippen LogP contribution in [-0.4, -0.2) is 14.2 Å². The normalized spacial score (nSPS) is 12.7. The summed E-state index contributed by atoms with van der Waals surface area (Å²) in [6.45, 7) is 5.58. The minimum Gasteiger partial charge on any atom is -0.295 e. The summed E-state index contributed by atoms with van der Waals surface area (Å²) < 4.78 is 27.8. The van der Waals surface area contributed by atoms with Crippen LogP contribution < -0.4 is 4.72 Å². The zero-order valence-corrected chi connectivity index (χ0v) is 14.4. The van der Waals surface area contributed by atoms with Gasteiger partial charge < -0.3 is 0 Å². The van der Waals surface area contributed by atoms with Crippen molar-refractivity contribution in [2.45, 2.75) is 38.0 Å². The molecule has 0 radical (unpaired) electrons. The number of carbonyl (C=O) groups excluding carboxylic acids is 1. The number of rotatable bonds is 6. The molecule has 0 unspecified atom stereocenters. The third kappa shape index (κ3) is 3.99. The number of hydrogen-bond donors (Lipinski definition) is 1. The number of anilines is 1. The Bertz CT molecular complexity index is 795. The number of nitrogens with one attached hydrogen (secondary N) is 1. The summed E-state index contributed by atoms with van der Waals surface area (Å²) >= 11 is 0. The first kappa shape index (κ1) is 17.2. The van der Waals surface area contributed by atoms with E-state index in [1.165, 1.54) is 31.2 Å². The van der Waals surface area contributed by atoms with Crippen LogP contribution in [0.4, 0.5) is 5.69 Å². The quantitative estimate of drug-likeness (QED) is 0.807. The molecule has 23 heavy (non-hydrogen) atoms. The number of sulfonamides is 1. The van der Waals surface area contributed by atoms with Crippen molar-refractivity contribution in [2.24, 2.45) is 0 Å². The highest BCUT2D eigenvalue weighted by atomic mass is 32.2. The van der Waals surface area contributed by atoms with E-state index in [1.807, 2.05) is 18.2 Å². The van der Waals surface area contributed by atoms with Crippen molar-refractivity contribution in [2.75, 3.05) is 4.72 Å². The molecular weight excluding hydrogens is 310 g/mol. The van der Waals surface area contributed by atoms with Crippen LogP contribution in [0, 0.1) is 0 Å². The van der Waals surface area contributed by atoms with Gasteiger partial charge in [0.05, 0.1) is 10.6 Å². The molecule has 122 valence electrons. The molecule has 1 atom stereocenters. The van der Waals surface area contributed by atoms with Gasteiger partial charge in [0.1, 0.15) is 0 Å². The van der Waals surface area contributed by atoms with Gasteiger partial charge in [-0.2, -0.15) is 0 Å². The monoisotopic (exact) mass is 331 g/mol. The molecule has 0 heterocycles. The average Bonchev–Trinajstić information content (AvgIpc) is 2.54. The first-order valence-electron chi connectivity index (χ1n) is 7.58. The molecule has 0 aliphatic rings. The van der Waals surface area contributed by atoms with E-state index in [9.17, 15) is 13.2 Å². The lowest BCUT2D eigenvalue weighted by Gasteiger charge is -2.16. The summed E-state index contributed by atoms with van der Waals surface area (Å²) in [5.74, 6) is 0.165. The predicted octanol–water partition coefficient (Wildman–Crippen LogP) is 4.20. The Labute approximate surface area is 137 Å². The topological polar surface area (TPSA) is 63.2 Å². The Morgan fingerprint density at radius 3 is 2.26 bits per heavy atom. The molecule has 0 spiro atoms. The van der Waals surface area contributed by atoms with Crippen molar-refractivity contribution < 1.29 is 13.2 Å². The fraction of sp³-hybridized carbons (Fsp3) is 0.278. The van der Waals surface area contributed by atoms with Crippen LogP contribution in [0.3, 0.4) is 0 Å². The first-order valence-corrected chi connectivity index (χ1v) is 9.06. The van der Waals surface area contributed by atoms with E-state index < -0.39 is 10.0 Å². The van der Waals surface area contributed by atoms with E-state index in [1.54, 1.807) is 6.07 Å². The van der Waals surface area contributed by atoms with Crippen LogP contribution in [0.15, 0.2) is 53.4 Å². The molecule has 1 N–H and O–H groups in total. The smallest absolute Gasteiger partial charge is 0.261 e. The highest BCUT2D eigenvalue weighted by Gasteiger charge is 2.17. The van der Waals surface area contributed by atoms with Gasteiger partial charge in [0, 0.05) is 5.56 Å². The molecule has 5 heteroatoms. The zero-order valence-electron chi connectivity index (χ0n) is 13.5.